The molecule has 2 aliphatic heterocycles. The van der Waals surface area contributed by atoms with Gasteiger partial charge in [0.25, 0.3) is 0 Å². The number of fused-ring (bicyclic) bond motifs is 1. The molecule has 0 amide bonds. The molecule has 13 heteroatoms. The highest BCUT2D eigenvalue weighted by molar-refractivity contribution is 5.78. The van der Waals surface area contributed by atoms with Crippen molar-refractivity contribution in [2.45, 2.75) is 154 Å². The molecule has 2 saturated heterocycles. The molecule has 0 aliphatic carbocycles. The number of aromatic nitrogens is 1. The second kappa shape index (κ2) is 20.1. The van der Waals surface area contributed by atoms with E-state index in [1.165, 1.54) is 6.92 Å². The summed E-state index contributed by atoms with van der Waals surface area (Å²) in [5, 5.41) is 51.7. The summed E-state index contributed by atoms with van der Waals surface area (Å²) in [5.41, 5.74) is -1.17. The van der Waals surface area contributed by atoms with E-state index in [2.05, 4.69) is 27.3 Å². The van der Waals surface area contributed by atoms with Gasteiger partial charge in [-0.2, -0.15) is 0 Å². The summed E-state index contributed by atoms with van der Waals surface area (Å²) in [5.74, 6) is -2.62. The SMILES string of the molecule is CC[C@H]1OC(=O)[C@H](C)[C@@H](O)[C@H](C)[C@@H](O[C@@H]2OC(C)C[C@H](N(C)C)[C@H]2OCCCNCc2cnc3ccccc3c2)[C@](C)(O)C[C@@H](C)CN(C)[C@H](C)[C@@H](O)[C@]1(C)O. The third-order valence-corrected chi connectivity index (χ3v) is 12.2. The number of pyridine rings is 1. The summed E-state index contributed by atoms with van der Waals surface area (Å²) >= 11 is 0. The Morgan fingerprint density at radius 2 is 1.79 bits per heavy atom. The van der Waals surface area contributed by atoms with Crippen LogP contribution in [0, 0.1) is 17.8 Å². The Morgan fingerprint density at radius 3 is 2.46 bits per heavy atom. The van der Waals surface area contributed by atoms with Crippen LogP contribution in [-0.4, -0.2) is 148 Å². The lowest BCUT2D eigenvalue weighted by Gasteiger charge is -2.48. The van der Waals surface area contributed by atoms with E-state index in [-0.39, 0.29) is 30.9 Å². The first-order chi connectivity index (χ1) is 26.3. The van der Waals surface area contributed by atoms with Gasteiger partial charge in [-0.1, -0.05) is 39.0 Å². The zero-order valence-electron chi connectivity index (χ0n) is 35.7. The van der Waals surface area contributed by atoms with Gasteiger partial charge >= 0.3 is 5.97 Å². The third-order valence-electron chi connectivity index (χ3n) is 12.2. The third kappa shape index (κ3) is 11.5. The number of carbonyl (C=O) groups is 1. The zero-order valence-corrected chi connectivity index (χ0v) is 35.7. The van der Waals surface area contributed by atoms with Crippen LogP contribution in [0.25, 0.3) is 10.9 Å². The molecule has 0 radical (unpaired) electrons. The van der Waals surface area contributed by atoms with Gasteiger partial charge in [0, 0.05) is 49.3 Å². The number of ether oxygens (including phenoxy) is 4. The van der Waals surface area contributed by atoms with E-state index in [0.29, 0.717) is 26.1 Å². The van der Waals surface area contributed by atoms with Crippen LogP contribution in [0.1, 0.15) is 86.6 Å². The average molecular weight is 789 g/mol. The number of carbonyl (C=O) groups excluding carboxylic acids is 1. The normalized spacial score (nSPS) is 38.6. The molecule has 2 aliphatic rings. The summed E-state index contributed by atoms with van der Waals surface area (Å²) in [6, 6.07) is 9.65. The minimum Gasteiger partial charge on any atom is -0.459 e. The van der Waals surface area contributed by atoms with Gasteiger partial charge in [0.2, 0.25) is 0 Å². The average Bonchev–Trinajstić information content (AvgIpc) is 3.14. The van der Waals surface area contributed by atoms with Gasteiger partial charge in [0.05, 0.1) is 35.3 Å². The van der Waals surface area contributed by atoms with Crippen molar-refractivity contribution in [2.75, 3.05) is 40.8 Å². The molecule has 2 aromatic rings. The molecular formula is C43H72N4O9. The molecule has 0 bridgehead atoms. The van der Waals surface area contributed by atoms with Crippen molar-refractivity contribution < 1.29 is 44.2 Å². The number of likely N-dealkylation sites (N-methyl/N-ethyl adjacent to an activating group) is 2. The highest BCUT2D eigenvalue weighted by atomic mass is 16.7. The van der Waals surface area contributed by atoms with Crippen molar-refractivity contribution in [3.63, 3.8) is 0 Å². The lowest BCUT2D eigenvalue weighted by molar-refractivity contribution is -0.306. The Kier molecular flexibility index (Phi) is 16.7. The number of cyclic esters (lactones) is 1. The van der Waals surface area contributed by atoms with Crippen molar-refractivity contribution >= 4 is 16.9 Å². The van der Waals surface area contributed by atoms with Crippen LogP contribution < -0.4 is 5.32 Å². The molecule has 3 heterocycles. The largest absolute Gasteiger partial charge is 0.459 e. The topological polar surface area (TPSA) is 166 Å². The molecule has 318 valence electrons. The van der Waals surface area contributed by atoms with Crippen LogP contribution in [-0.2, 0) is 30.3 Å². The molecular weight excluding hydrogens is 716 g/mol. The van der Waals surface area contributed by atoms with Crippen LogP contribution >= 0.6 is 0 Å². The van der Waals surface area contributed by atoms with Crippen molar-refractivity contribution in [1.29, 1.82) is 0 Å². The fraction of sp³-hybridized carbons (Fsp3) is 0.767. The summed E-state index contributed by atoms with van der Waals surface area (Å²) < 4.78 is 25.8. The number of rotatable bonds is 11. The first-order valence-corrected chi connectivity index (χ1v) is 20.6. The Balaban J connectivity index is 1.55. The summed E-state index contributed by atoms with van der Waals surface area (Å²) in [6.45, 7) is 16.5. The predicted molar refractivity (Wildman–Crippen MR) is 217 cm³/mol. The van der Waals surface area contributed by atoms with Crippen LogP contribution in [0.5, 0.6) is 0 Å². The van der Waals surface area contributed by atoms with Crippen LogP contribution in [0.3, 0.4) is 0 Å². The number of para-hydroxylation sites is 1. The molecule has 5 N–H and O–H groups in total. The Labute approximate surface area is 335 Å². The molecule has 56 heavy (non-hydrogen) atoms. The van der Waals surface area contributed by atoms with E-state index in [1.54, 1.807) is 27.7 Å². The minimum atomic E-state index is -1.76. The number of nitrogens with one attached hydrogen (secondary N) is 1. The maximum absolute atomic E-state index is 13.6. The van der Waals surface area contributed by atoms with Gasteiger partial charge in [0.1, 0.15) is 23.9 Å². The first-order valence-electron chi connectivity index (χ1n) is 20.6. The fourth-order valence-electron chi connectivity index (χ4n) is 8.77. The number of hydrogen-bond acceptors (Lipinski definition) is 13. The second-order valence-corrected chi connectivity index (χ2v) is 17.5. The molecule has 1 aromatic carbocycles. The van der Waals surface area contributed by atoms with Gasteiger partial charge in [0.15, 0.2) is 6.29 Å². The lowest BCUT2D eigenvalue weighted by Crippen LogP contribution is -2.60. The molecule has 0 spiro atoms. The number of aliphatic hydroxyl groups excluding tert-OH is 2. The summed E-state index contributed by atoms with van der Waals surface area (Å²) in [7, 11) is 5.87. The standard InChI is InChI=1S/C43H72N4O9/c1-12-35-43(8,52)38(49)30(6)47(11)25-26(2)22-42(7,51)39(28(4)36(48)29(5)40(50)55-35)56-41-37(34(46(9)10)20-27(3)54-41)53-19-15-18-44-23-31-21-32-16-13-14-17-33(32)45-24-31/h13-14,16-17,21,24,26-30,34-39,41,44,48-49,51-52H,12,15,18-20,22-23,25H2,1-11H3/t26-,27?,28+,29-,30-,34+,35-,36+,37-,38-,39-,41+,42-,43-/m1/s1. The smallest absolute Gasteiger partial charge is 0.311 e. The second-order valence-electron chi connectivity index (χ2n) is 17.5. The highest BCUT2D eigenvalue weighted by Crippen LogP contribution is 2.37. The van der Waals surface area contributed by atoms with E-state index in [1.807, 2.05) is 71.2 Å². The van der Waals surface area contributed by atoms with Crippen molar-refractivity contribution in [1.82, 2.24) is 20.1 Å². The van der Waals surface area contributed by atoms with Crippen LogP contribution in [0.2, 0.25) is 0 Å². The molecule has 0 saturated carbocycles. The van der Waals surface area contributed by atoms with Crippen LogP contribution in [0.4, 0.5) is 0 Å². The predicted octanol–water partition coefficient (Wildman–Crippen LogP) is 3.73. The maximum Gasteiger partial charge on any atom is 0.311 e. The number of aliphatic hydroxyl groups is 4. The van der Waals surface area contributed by atoms with E-state index in [0.717, 1.165) is 29.4 Å². The van der Waals surface area contributed by atoms with Crippen molar-refractivity contribution in [3.8, 4) is 0 Å². The molecule has 14 atom stereocenters. The van der Waals surface area contributed by atoms with Gasteiger partial charge in [-0.25, -0.2) is 0 Å². The Bertz CT molecular complexity index is 1530. The number of benzene rings is 1. The van der Waals surface area contributed by atoms with E-state index in [4.69, 9.17) is 18.9 Å². The molecule has 13 nitrogen and oxygen atoms in total. The number of nitrogens with zero attached hydrogens (tertiary/aromatic N) is 3. The van der Waals surface area contributed by atoms with E-state index >= 15 is 0 Å². The van der Waals surface area contributed by atoms with Crippen molar-refractivity contribution in [3.05, 3.63) is 42.1 Å². The zero-order chi connectivity index (χ0) is 41.5. The fourth-order valence-corrected chi connectivity index (χ4v) is 8.77. The maximum atomic E-state index is 13.6. The molecule has 2 fully saturated rings. The first kappa shape index (κ1) is 46.4. The Hall–Kier alpha value is -2.30. The minimum absolute atomic E-state index is 0.0546. The summed E-state index contributed by atoms with van der Waals surface area (Å²) in [6.07, 6.45) is -2.24. The van der Waals surface area contributed by atoms with Crippen LogP contribution in [0.15, 0.2) is 36.5 Å². The van der Waals surface area contributed by atoms with E-state index in [9.17, 15) is 25.2 Å². The number of hydrogen-bond donors (Lipinski definition) is 5. The quantitative estimate of drug-likeness (QED) is 0.165. The number of esters is 1. The van der Waals surface area contributed by atoms with E-state index < -0.39 is 71.9 Å². The van der Waals surface area contributed by atoms with Gasteiger partial charge in [-0.3, -0.25) is 9.78 Å². The van der Waals surface area contributed by atoms with Gasteiger partial charge < -0.3 is 54.5 Å². The molecule has 1 aromatic heterocycles. The monoisotopic (exact) mass is 789 g/mol. The molecule has 1 unspecified atom stereocenters. The highest BCUT2D eigenvalue weighted by Gasteiger charge is 2.50. The van der Waals surface area contributed by atoms with Gasteiger partial charge in [-0.15, -0.1) is 0 Å². The van der Waals surface area contributed by atoms with Gasteiger partial charge in [-0.05, 0) is 112 Å². The Morgan fingerprint density at radius 1 is 1.09 bits per heavy atom. The lowest BCUT2D eigenvalue weighted by atomic mass is 9.78. The summed E-state index contributed by atoms with van der Waals surface area (Å²) in [4.78, 5) is 22.2. The molecule has 4 rings (SSSR count). The van der Waals surface area contributed by atoms with Crippen molar-refractivity contribution in [2.24, 2.45) is 17.8 Å².